The minimum atomic E-state index is -0.336. The van der Waals surface area contributed by atoms with Crippen molar-refractivity contribution in [3.63, 3.8) is 0 Å². The van der Waals surface area contributed by atoms with Gasteiger partial charge in [0.2, 0.25) is 5.91 Å². The lowest BCUT2D eigenvalue weighted by molar-refractivity contribution is -0.116. The van der Waals surface area contributed by atoms with Gasteiger partial charge in [-0.05, 0) is 24.6 Å². The van der Waals surface area contributed by atoms with Gasteiger partial charge in [0.1, 0.15) is 18.7 Å². The Balaban J connectivity index is 2.12. The van der Waals surface area contributed by atoms with E-state index in [1.165, 1.54) is 10.9 Å². The number of hydrogen-bond donors (Lipinski definition) is 2. The summed E-state index contributed by atoms with van der Waals surface area (Å²) in [5.41, 5.74) is 7.92. The van der Waals surface area contributed by atoms with Crippen molar-refractivity contribution in [1.29, 1.82) is 10.5 Å². The number of aromatic nitrogens is 2. The summed E-state index contributed by atoms with van der Waals surface area (Å²) in [7, 11) is 0. The number of nitriles is 2. The molecule has 0 saturated heterocycles. The van der Waals surface area contributed by atoms with E-state index >= 15 is 0 Å². The van der Waals surface area contributed by atoms with Crippen LogP contribution in [0.2, 0.25) is 0 Å². The SMILES string of the molecule is Cc1ccc(NC(=O)Cn2cnc(C#N)c2C#N)cc1N. The Kier molecular flexibility index (Phi) is 3.87. The molecule has 0 saturated carbocycles. The fraction of sp³-hybridized carbons (Fsp3) is 0.143. The lowest BCUT2D eigenvalue weighted by atomic mass is 10.2. The van der Waals surface area contributed by atoms with Crippen LogP contribution in [-0.4, -0.2) is 15.5 Å². The van der Waals surface area contributed by atoms with Gasteiger partial charge in [-0.25, -0.2) is 4.98 Å². The summed E-state index contributed by atoms with van der Waals surface area (Å²) in [6.07, 6.45) is 1.29. The summed E-state index contributed by atoms with van der Waals surface area (Å²) in [5.74, 6) is -0.336. The number of nitrogen functional groups attached to an aromatic ring is 1. The van der Waals surface area contributed by atoms with E-state index in [1.807, 2.05) is 13.0 Å². The summed E-state index contributed by atoms with van der Waals surface area (Å²) in [4.78, 5) is 15.7. The average molecular weight is 280 g/mol. The minimum absolute atomic E-state index is 0.00452. The van der Waals surface area contributed by atoms with Crippen molar-refractivity contribution in [3.8, 4) is 12.1 Å². The molecular formula is C14H12N6O. The maximum Gasteiger partial charge on any atom is 0.244 e. The molecule has 1 aromatic heterocycles. The zero-order valence-corrected chi connectivity index (χ0v) is 11.3. The quantitative estimate of drug-likeness (QED) is 0.817. The highest BCUT2D eigenvalue weighted by atomic mass is 16.1. The molecule has 1 aromatic carbocycles. The number of anilines is 2. The molecule has 0 atom stereocenters. The molecule has 3 N–H and O–H groups in total. The smallest absolute Gasteiger partial charge is 0.244 e. The van der Waals surface area contributed by atoms with Crippen LogP contribution in [0, 0.1) is 29.6 Å². The summed E-state index contributed by atoms with van der Waals surface area (Å²) in [6.45, 7) is 1.76. The second-order valence-electron chi connectivity index (χ2n) is 4.41. The zero-order chi connectivity index (χ0) is 15.4. The van der Waals surface area contributed by atoms with E-state index in [9.17, 15) is 4.79 Å². The topological polar surface area (TPSA) is 121 Å². The second kappa shape index (κ2) is 5.76. The molecule has 0 unspecified atom stereocenters. The minimum Gasteiger partial charge on any atom is -0.398 e. The summed E-state index contributed by atoms with van der Waals surface area (Å²) < 4.78 is 1.32. The molecule has 1 heterocycles. The molecule has 0 bridgehead atoms. The lowest BCUT2D eigenvalue weighted by Gasteiger charge is -2.08. The van der Waals surface area contributed by atoms with Crippen LogP contribution in [0.3, 0.4) is 0 Å². The van der Waals surface area contributed by atoms with Gasteiger partial charge in [0.15, 0.2) is 11.4 Å². The summed E-state index contributed by atoms with van der Waals surface area (Å²) in [6, 6.07) is 8.86. The van der Waals surface area contributed by atoms with Crippen molar-refractivity contribution in [2.45, 2.75) is 13.5 Å². The van der Waals surface area contributed by atoms with E-state index in [0.717, 1.165) is 5.56 Å². The van der Waals surface area contributed by atoms with Gasteiger partial charge in [0, 0.05) is 11.4 Å². The molecule has 104 valence electrons. The van der Waals surface area contributed by atoms with Crippen LogP contribution >= 0.6 is 0 Å². The van der Waals surface area contributed by atoms with E-state index < -0.39 is 0 Å². The van der Waals surface area contributed by atoms with Crippen molar-refractivity contribution in [2.24, 2.45) is 0 Å². The third kappa shape index (κ3) is 2.99. The Morgan fingerprint density at radius 3 is 2.81 bits per heavy atom. The fourth-order valence-corrected chi connectivity index (χ4v) is 1.77. The Hall–Kier alpha value is -3.32. The lowest BCUT2D eigenvalue weighted by Crippen LogP contribution is -2.19. The first-order chi connectivity index (χ1) is 10.0. The zero-order valence-electron chi connectivity index (χ0n) is 11.3. The number of nitrogens with two attached hydrogens (primary N) is 1. The fourth-order valence-electron chi connectivity index (χ4n) is 1.77. The van der Waals surface area contributed by atoms with Crippen LogP contribution in [-0.2, 0) is 11.3 Å². The maximum atomic E-state index is 12.0. The largest absolute Gasteiger partial charge is 0.398 e. The van der Waals surface area contributed by atoms with E-state index in [1.54, 1.807) is 24.3 Å². The van der Waals surface area contributed by atoms with Crippen LogP contribution in [0.4, 0.5) is 11.4 Å². The number of aryl methyl sites for hydroxylation is 1. The number of benzene rings is 1. The predicted octanol–water partition coefficient (Wildman–Crippen LogP) is 1.16. The molecule has 0 aliphatic carbocycles. The molecule has 0 aliphatic heterocycles. The highest BCUT2D eigenvalue weighted by Crippen LogP contribution is 2.17. The predicted molar refractivity (Wildman–Crippen MR) is 75.9 cm³/mol. The molecule has 0 spiro atoms. The number of carbonyl (C=O) groups is 1. The number of nitrogens with one attached hydrogen (secondary N) is 1. The van der Waals surface area contributed by atoms with Crippen LogP contribution in [0.25, 0.3) is 0 Å². The van der Waals surface area contributed by atoms with Gasteiger partial charge in [0.05, 0.1) is 6.33 Å². The van der Waals surface area contributed by atoms with E-state index in [0.29, 0.717) is 11.4 Å². The standard InChI is InChI=1S/C14H12N6O/c1-9-2-3-10(4-11(9)17)19-14(21)7-20-8-18-12(5-15)13(20)6-16/h2-4,8H,7,17H2,1H3,(H,19,21). The van der Waals surface area contributed by atoms with E-state index in [2.05, 4.69) is 10.3 Å². The van der Waals surface area contributed by atoms with Crippen molar-refractivity contribution < 1.29 is 4.79 Å². The van der Waals surface area contributed by atoms with Gasteiger partial charge < -0.3 is 15.6 Å². The Morgan fingerprint density at radius 1 is 1.43 bits per heavy atom. The van der Waals surface area contributed by atoms with Crippen molar-refractivity contribution in [2.75, 3.05) is 11.1 Å². The van der Waals surface area contributed by atoms with E-state index in [4.69, 9.17) is 16.3 Å². The molecule has 0 fully saturated rings. The second-order valence-corrected chi connectivity index (χ2v) is 4.41. The van der Waals surface area contributed by atoms with Crippen LogP contribution in [0.15, 0.2) is 24.5 Å². The monoisotopic (exact) mass is 280 g/mol. The highest BCUT2D eigenvalue weighted by Gasteiger charge is 2.13. The normalized spacial score (nSPS) is 9.67. The van der Waals surface area contributed by atoms with E-state index in [-0.39, 0.29) is 23.8 Å². The molecule has 0 radical (unpaired) electrons. The Bertz CT molecular complexity index is 778. The number of hydrogen-bond acceptors (Lipinski definition) is 5. The maximum absolute atomic E-state index is 12.0. The molecule has 2 aromatic rings. The first-order valence-electron chi connectivity index (χ1n) is 6.06. The van der Waals surface area contributed by atoms with Gasteiger partial charge in [-0.15, -0.1) is 0 Å². The number of carbonyl (C=O) groups excluding carboxylic acids is 1. The third-order valence-corrected chi connectivity index (χ3v) is 2.93. The molecule has 7 nitrogen and oxygen atoms in total. The van der Waals surface area contributed by atoms with Gasteiger partial charge >= 0.3 is 0 Å². The van der Waals surface area contributed by atoms with Gasteiger partial charge in [-0.1, -0.05) is 6.07 Å². The number of nitrogens with zero attached hydrogens (tertiary/aromatic N) is 4. The van der Waals surface area contributed by atoms with Crippen molar-refractivity contribution in [3.05, 3.63) is 41.5 Å². The Morgan fingerprint density at radius 2 is 2.19 bits per heavy atom. The first-order valence-corrected chi connectivity index (χ1v) is 6.06. The number of imidazole rings is 1. The molecule has 7 heteroatoms. The van der Waals surface area contributed by atoms with Crippen molar-refractivity contribution in [1.82, 2.24) is 9.55 Å². The first kappa shape index (κ1) is 14.1. The van der Waals surface area contributed by atoms with Crippen molar-refractivity contribution >= 4 is 17.3 Å². The summed E-state index contributed by atoms with van der Waals surface area (Å²) >= 11 is 0. The van der Waals surface area contributed by atoms with Crippen LogP contribution < -0.4 is 11.1 Å². The van der Waals surface area contributed by atoms with Gasteiger partial charge in [0.25, 0.3) is 0 Å². The number of rotatable bonds is 3. The Labute approximate surface area is 121 Å². The van der Waals surface area contributed by atoms with Gasteiger partial charge in [-0.3, -0.25) is 4.79 Å². The highest BCUT2D eigenvalue weighted by molar-refractivity contribution is 5.91. The molecule has 1 amide bonds. The molecule has 0 aliphatic rings. The van der Waals surface area contributed by atoms with Crippen LogP contribution in [0.1, 0.15) is 17.0 Å². The molecule has 2 rings (SSSR count). The third-order valence-electron chi connectivity index (χ3n) is 2.93. The van der Waals surface area contributed by atoms with Crippen LogP contribution in [0.5, 0.6) is 0 Å². The summed E-state index contributed by atoms with van der Waals surface area (Å²) in [5, 5.41) is 20.5. The molecule has 21 heavy (non-hydrogen) atoms. The average Bonchev–Trinajstić information content (AvgIpc) is 2.84. The van der Waals surface area contributed by atoms with Gasteiger partial charge in [-0.2, -0.15) is 10.5 Å². The molecular weight excluding hydrogens is 268 g/mol. The number of amides is 1.